The van der Waals surface area contributed by atoms with Crippen molar-refractivity contribution in [2.45, 2.75) is 53.0 Å². The fourth-order valence-electron chi connectivity index (χ4n) is 3.10. The smallest absolute Gasteiger partial charge is 0.378 e. The van der Waals surface area contributed by atoms with Crippen molar-refractivity contribution in [1.29, 1.82) is 0 Å². The minimum Gasteiger partial charge on any atom is -0.378 e. The number of aromatic nitrogens is 2. The number of nitrogens with one attached hydrogen (secondary N) is 1. The summed E-state index contributed by atoms with van der Waals surface area (Å²) in [5.74, 6) is -1.76. The lowest BCUT2D eigenvalue weighted by atomic mass is 10.1. The van der Waals surface area contributed by atoms with E-state index < -0.39 is 41.0 Å². The summed E-state index contributed by atoms with van der Waals surface area (Å²) in [5, 5.41) is 4.79. The van der Waals surface area contributed by atoms with Crippen molar-refractivity contribution in [3.63, 3.8) is 0 Å². The van der Waals surface area contributed by atoms with Gasteiger partial charge < -0.3 is 19.5 Å². The van der Waals surface area contributed by atoms with Crippen molar-refractivity contribution in [3.05, 3.63) is 47.6 Å². The molecule has 1 aliphatic rings. The molecule has 0 aliphatic carbocycles. The van der Waals surface area contributed by atoms with Crippen LogP contribution in [0.4, 0.5) is 13.2 Å². The second kappa shape index (κ2) is 20.7. The molecule has 0 spiro atoms. The summed E-state index contributed by atoms with van der Waals surface area (Å²) in [6.07, 6.45) is -4.09. The van der Waals surface area contributed by atoms with Gasteiger partial charge >= 0.3 is 12.1 Å². The Bertz CT molecular complexity index is 1020. The summed E-state index contributed by atoms with van der Waals surface area (Å²) in [5.41, 5.74) is 1.09. The second-order valence-electron chi connectivity index (χ2n) is 7.88. The van der Waals surface area contributed by atoms with E-state index in [4.69, 9.17) is 4.74 Å². The third-order valence-electron chi connectivity index (χ3n) is 4.79. The Morgan fingerprint density at radius 2 is 1.73 bits per heavy atom. The fraction of sp³-hybridized carbons (Fsp3) is 0.577. The maximum Gasteiger partial charge on any atom is 0.471 e. The van der Waals surface area contributed by atoms with Crippen LogP contribution in [0.25, 0.3) is 0 Å². The SMILES string of the molecule is CC.CC.CC(CC(=O)N1CCOCC1)CS(=O)Cc1ccccc1.O=CNCC(=O)c1noc(C(F)(F)F)n1. The molecule has 1 N–H and O–H groups in total. The van der Waals surface area contributed by atoms with E-state index in [-0.39, 0.29) is 18.2 Å². The van der Waals surface area contributed by atoms with Crippen molar-refractivity contribution >= 4 is 28.9 Å². The van der Waals surface area contributed by atoms with Gasteiger partial charge in [-0.05, 0) is 11.5 Å². The Labute approximate surface area is 235 Å². The highest BCUT2D eigenvalue weighted by molar-refractivity contribution is 7.84. The maximum absolute atomic E-state index is 12.1. The number of hydrogen-bond acceptors (Lipinski definition) is 8. The Balaban J connectivity index is 0.000000706. The van der Waals surface area contributed by atoms with Crippen LogP contribution < -0.4 is 5.32 Å². The molecule has 0 radical (unpaired) electrons. The lowest BCUT2D eigenvalue weighted by molar-refractivity contribution is -0.159. The molecule has 2 heterocycles. The molecule has 0 saturated carbocycles. The Morgan fingerprint density at radius 1 is 1.12 bits per heavy atom. The zero-order valence-electron chi connectivity index (χ0n) is 23.5. The van der Waals surface area contributed by atoms with Gasteiger partial charge in [-0.3, -0.25) is 18.6 Å². The maximum atomic E-state index is 12.1. The number of halogens is 3. The van der Waals surface area contributed by atoms with E-state index in [9.17, 15) is 31.8 Å². The molecule has 0 bridgehead atoms. The van der Waals surface area contributed by atoms with Crippen LogP contribution in [0.3, 0.4) is 0 Å². The van der Waals surface area contributed by atoms with Crippen LogP contribution in [-0.4, -0.2) is 76.0 Å². The molecule has 1 saturated heterocycles. The molecule has 3 rings (SSSR count). The van der Waals surface area contributed by atoms with Gasteiger partial charge in [-0.1, -0.05) is 70.1 Å². The summed E-state index contributed by atoms with van der Waals surface area (Å²) in [6.45, 7) is 12.1. The predicted octanol–water partition coefficient (Wildman–Crippen LogP) is 3.89. The summed E-state index contributed by atoms with van der Waals surface area (Å²) < 4.78 is 57.0. The standard InChI is InChI=1S/C16H23NO3S.C6H4F3N3O3.2C2H6/c1-14(11-16(18)17-7-9-20-10-8-17)12-21(19)13-15-5-3-2-4-6-15;7-6(8,9)5-11-4(12-15-5)3(14)1-10-2-13;2*1-2/h2-6,14H,7-13H2,1H3;2H,1H2,(H,10,13);2*1-2H3. The third kappa shape index (κ3) is 14.9. The first-order valence-electron chi connectivity index (χ1n) is 13.0. The van der Waals surface area contributed by atoms with Crippen molar-refractivity contribution in [2.75, 3.05) is 38.6 Å². The largest absolute Gasteiger partial charge is 0.471 e. The number of carbonyl (C=O) groups is 3. The van der Waals surface area contributed by atoms with E-state index in [1.54, 1.807) is 0 Å². The molecule has 226 valence electrons. The van der Waals surface area contributed by atoms with Gasteiger partial charge in [0.1, 0.15) is 0 Å². The van der Waals surface area contributed by atoms with Crippen LogP contribution in [-0.2, 0) is 37.1 Å². The molecule has 1 aromatic heterocycles. The summed E-state index contributed by atoms with van der Waals surface area (Å²) in [7, 11) is -0.918. The first-order chi connectivity index (χ1) is 19.1. The highest BCUT2D eigenvalue weighted by Crippen LogP contribution is 2.27. The number of rotatable bonds is 10. The summed E-state index contributed by atoms with van der Waals surface area (Å²) in [6, 6.07) is 9.84. The molecule has 2 unspecified atom stereocenters. The molecule has 1 aliphatic heterocycles. The molecule has 40 heavy (non-hydrogen) atoms. The van der Waals surface area contributed by atoms with Gasteiger partial charge in [0, 0.05) is 41.8 Å². The van der Waals surface area contributed by atoms with Gasteiger partial charge in [-0.15, -0.1) is 0 Å². The minimum absolute atomic E-state index is 0.143. The molecule has 1 fully saturated rings. The highest BCUT2D eigenvalue weighted by atomic mass is 32.2. The normalized spacial score (nSPS) is 14.1. The molecule has 14 heteroatoms. The number of alkyl halides is 3. The van der Waals surface area contributed by atoms with Crippen molar-refractivity contribution < 1.29 is 41.0 Å². The fourth-order valence-corrected chi connectivity index (χ4v) is 4.54. The second-order valence-corrected chi connectivity index (χ2v) is 9.38. The molecular formula is C26H39F3N4O6S. The molecule has 1 aromatic carbocycles. The van der Waals surface area contributed by atoms with Crippen LogP contribution in [0.5, 0.6) is 0 Å². The van der Waals surface area contributed by atoms with Crippen LogP contribution in [0.1, 0.15) is 63.1 Å². The Kier molecular flexibility index (Phi) is 19.1. The monoisotopic (exact) mass is 592 g/mol. The number of amides is 2. The third-order valence-corrected chi connectivity index (χ3v) is 6.39. The quantitative estimate of drug-likeness (QED) is 0.325. The molecular weight excluding hydrogens is 553 g/mol. The van der Waals surface area contributed by atoms with Crippen LogP contribution in [0, 0.1) is 5.92 Å². The molecule has 10 nitrogen and oxygen atoms in total. The van der Waals surface area contributed by atoms with Crippen molar-refractivity contribution in [3.8, 4) is 0 Å². The Morgan fingerprint density at radius 3 is 2.25 bits per heavy atom. The summed E-state index contributed by atoms with van der Waals surface area (Å²) in [4.78, 5) is 37.6. The number of ether oxygens (including phenoxy) is 1. The van der Waals surface area contributed by atoms with Gasteiger partial charge in [0.05, 0.1) is 19.8 Å². The predicted molar refractivity (Wildman–Crippen MR) is 145 cm³/mol. The van der Waals surface area contributed by atoms with Crippen LogP contribution in [0.15, 0.2) is 34.9 Å². The minimum atomic E-state index is -4.79. The van der Waals surface area contributed by atoms with E-state index >= 15 is 0 Å². The van der Waals surface area contributed by atoms with Crippen molar-refractivity contribution in [2.24, 2.45) is 5.92 Å². The van der Waals surface area contributed by atoms with E-state index in [1.807, 2.05) is 75.2 Å². The average molecular weight is 593 g/mol. The molecule has 2 atom stereocenters. The molecule has 2 aromatic rings. The van der Waals surface area contributed by atoms with Crippen LogP contribution in [0.2, 0.25) is 0 Å². The molecule has 2 amide bonds. The topological polar surface area (TPSA) is 132 Å². The lowest BCUT2D eigenvalue weighted by Gasteiger charge is -2.27. The number of Topliss-reactive ketones (excluding diaryl/α,β-unsaturated/α-hetero) is 1. The van der Waals surface area contributed by atoms with Gasteiger partial charge in [-0.2, -0.15) is 18.2 Å². The van der Waals surface area contributed by atoms with Crippen molar-refractivity contribution in [1.82, 2.24) is 20.4 Å². The van der Waals surface area contributed by atoms with E-state index in [2.05, 4.69) is 14.7 Å². The van der Waals surface area contributed by atoms with E-state index in [0.717, 1.165) is 5.56 Å². The zero-order chi connectivity index (χ0) is 30.6. The highest BCUT2D eigenvalue weighted by Gasteiger charge is 2.39. The average Bonchev–Trinajstić information content (AvgIpc) is 3.47. The van der Waals surface area contributed by atoms with Gasteiger partial charge in [0.2, 0.25) is 23.9 Å². The van der Waals surface area contributed by atoms with Crippen LogP contribution >= 0.6 is 0 Å². The number of ketones is 1. The van der Waals surface area contributed by atoms with Gasteiger partial charge in [0.25, 0.3) is 0 Å². The van der Waals surface area contributed by atoms with E-state index in [0.29, 0.717) is 44.2 Å². The number of benzene rings is 1. The van der Waals surface area contributed by atoms with Gasteiger partial charge in [-0.25, -0.2) is 0 Å². The van der Waals surface area contributed by atoms with E-state index in [1.165, 1.54) is 0 Å². The zero-order valence-corrected chi connectivity index (χ0v) is 24.3. The summed E-state index contributed by atoms with van der Waals surface area (Å²) >= 11 is 0. The Hall–Kier alpha value is -3.13. The number of nitrogens with zero attached hydrogens (tertiary/aromatic N) is 3. The first kappa shape index (κ1) is 36.9. The number of hydrogen-bond donors (Lipinski definition) is 1. The van der Waals surface area contributed by atoms with Gasteiger partial charge in [0.15, 0.2) is 0 Å². The lowest BCUT2D eigenvalue weighted by Crippen LogP contribution is -2.41. The first-order valence-corrected chi connectivity index (χ1v) is 14.4. The number of carbonyl (C=O) groups excluding carboxylic acids is 3. The number of morpholine rings is 1.